The van der Waals surface area contributed by atoms with Crippen molar-refractivity contribution < 1.29 is 18.8 Å². The van der Waals surface area contributed by atoms with Crippen LogP contribution in [0.25, 0.3) is 6.08 Å². The lowest BCUT2D eigenvalue weighted by Gasteiger charge is -2.11. The lowest BCUT2D eigenvalue weighted by molar-refractivity contribution is -0.384. The lowest BCUT2D eigenvalue weighted by Crippen LogP contribution is -2.13. The summed E-state index contributed by atoms with van der Waals surface area (Å²) in [4.78, 5) is 22.7. The van der Waals surface area contributed by atoms with Crippen LogP contribution in [0.1, 0.15) is 11.1 Å². The Labute approximate surface area is 197 Å². The Morgan fingerprint density at radius 1 is 1.15 bits per heavy atom. The highest BCUT2D eigenvalue weighted by Crippen LogP contribution is 2.35. The largest absolute Gasteiger partial charge is 0.486 e. The van der Waals surface area contributed by atoms with Crippen LogP contribution >= 0.6 is 23.2 Å². The first-order chi connectivity index (χ1) is 15.8. The van der Waals surface area contributed by atoms with Crippen molar-refractivity contribution in [2.24, 2.45) is 0 Å². The molecule has 1 N–H and O–H groups in total. The van der Waals surface area contributed by atoms with Gasteiger partial charge in [0, 0.05) is 17.8 Å². The third kappa shape index (κ3) is 6.29. The van der Waals surface area contributed by atoms with Gasteiger partial charge in [0.05, 0.1) is 15.0 Å². The van der Waals surface area contributed by atoms with Gasteiger partial charge in [0.2, 0.25) is 0 Å². The van der Waals surface area contributed by atoms with Gasteiger partial charge in [-0.2, -0.15) is 5.26 Å². The Kier molecular flexibility index (Phi) is 7.61. The van der Waals surface area contributed by atoms with Gasteiger partial charge < -0.3 is 10.1 Å². The second-order valence-corrected chi connectivity index (χ2v) is 7.48. The number of nitro benzene ring substituents is 1. The maximum atomic E-state index is 13.3. The molecule has 0 heterocycles. The maximum absolute atomic E-state index is 13.3. The number of carbonyl (C=O) groups is 1. The molecule has 7 nitrogen and oxygen atoms in total. The highest BCUT2D eigenvalue weighted by Gasteiger charge is 2.14. The number of nitrogens with zero attached hydrogens (tertiary/aromatic N) is 2. The molecule has 0 aromatic heterocycles. The van der Waals surface area contributed by atoms with Crippen molar-refractivity contribution in [3.05, 3.63) is 103 Å². The molecular formula is C23H14Cl2FN3O4. The molecule has 0 aliphatic rings. The van der Waals surface area contributed by atoms with E-state index in [9.17, 15) is 24.6 Å². The van der Waals surface area contributed by atoms with Crippen molar-refractivity contribution in [3.8, 4) is 11.8 Å². The molecule has 10 heteroatoms. The van der Waals surface area contributed by atoms with E-state index in [2.05, 4.69) is 5.32 Å². The molecule has 33 heavy (non-hydrogen) atoms. The summed E-state index contributed by atoms with van der Waals surface area (Å²) in [7, 11) is 0. The molecule has 0 spiro atoms. The van der Waals surface area contributed by atoms with Gasteiger partial charge >= 0.3 is 0 Å². The Bertz CT molecular complexity index is 1280. The summed E-state index contributed by atoms with van der Waals surface area (Å²) in [6, 6.07) is 15.9. The minimum absolute atomic E-state index is 0.0292. The number of nitro groups is 1. The van der Waals surface area contributed by atoms with Crippen molar-refractivity contribution in [3.63, 3.8) is 0 Å². The van der Waals surface area contributed by atoms with Gasteiger partial charge in [-0.25, -0.2) is 4.39 Å². The van der Waals surface area contributed by atoms with E-state index in [1.165, 1.54) is 54.6 Å². The SMILES string of the molecule is N#C/C(=C\c1cc(Cl)c(OCc2cccc(F)c2)c(Cl)c1)C(=O)Nc1cccc([N+](=O)[O-])c1. The fourth-order valence-electron chi connectivity index (χ4n) is 2.79. The number of hydrogen-bond donors (Lipinski definition) is 1. The zero-order valence-corrected chi connectivity index (χ0v) is 18.2. The van der Waals surface area contributed by atoms with Crippen LogP contribution in [0.15, 0.2) is 66.2 Å². The van der Waals surface area contributed by atoms with Gasteiger partial charge in [-0.15, -0.1) is 0 Å². The number of nitrogens with one attached hydrogen (secondary N) is 1. The molecule has 0 aliphatic heterocycles. The molecule has 3 aromatic carbocycles. The summed E-state index contributed by atoms with van der Waals surface area (Å²) in [5.41, 5.74) is 0.613. The Morgan fingerprint density at radius 2 is 1.85 bits per heavy atom. The number of carbonyl (C=O) groups excluding carboxylic acids is 1. The topological polar surface area (TPSA) is 105 Å². The molecule has 0 radical (unpaired) electrons. The monoisotopic (exact) mass is 485 g/mol. The zero-order chi connectivity index (χ0) is 24.0. The first kappa shape index (κ1) is 23.7. The van der Waals surface area contributed by atoms with Crippen LogP contribution in [-0.4, -0.2) is 10.8 Å². The minimum Gasteiger partial charge on any atom is -0.486 e. The number of rotatable bonds is 7. The van der Waals surface area contributed by atoms with E-state index in [-0.39, 0.29) is 39.3 Å². The fraction of sp³-hybridized carbons (Fsp3) is 0.0435. The molecule has 0 unspecified atom stereocenters. The number of anilines is 1. The minimum atomic E-state index is -0.767. The zero-order valence-electron chi connectivity index (χ0n) is 16.7. The maximum Gasteiger partial charge on any atom is 0.271 e. The van der Waals surface area contributed by atoms with Crippen LogP contribution < -0.4 is 10.1 Å². The highest BCUT2D eigenvalue weighted by atomic mass is 35.5. The van der Waals surface area contributed by atoms with Crippen molar-refractivity contribution >= 4 is 46.6 Å². The van der Waals surface area contributed by atoms with Gasteiger partial charge in [-0.3, -0.25) is 14.9 Å². The van der Waals surface area contributed by atoms with Crippen LogP contribution in [-0.2, 0) is 11.4 Å². The number of nitriles is 1. The third-order valence-corrected chi connectivity index (χ3v) is 4.85. The summed E-state index contributed by atoms with van der Waals surface area (Å²) in [5.74, 6) is -1.00. The van der Waals surface area contributed by atoms with E-state index in [0.717, 1.165) is 0 Å². The number of benzene rings is 3. The second kappa shape index (κ2) is 10.6. The van der Waals surface area contributed by atoms with Crippen LogP contribution in [0.4, 0.5) is 15.8 Å². The molecule has 0 fully saturated rings. The quantitative estimate of drug-likeness (QED) is 0.186. The standard InChI is InChI=1S/C23H14Cl2FN3O4/c24-20-9-15(10-21(25)22(20)33-13-14-3-1-4-17(26)8-14)7-16(12-27)23(30)28-18-5-2-6-19(11-18)29(31)32/h1-11H,13H2,(H,28,30)/b16-7+. The van der Waals surface area contributed by atoms with Crippen LogP contribution in [0.5, 0.6) is 5.75 Å². The second-order valence-electron chi connectivity index (χ2n) is 6.66. The lowest BCUT2D eigenvalue weighted by atomic mass is 10.1. The molecular weight excluding hydrogens is 472 g/mol. The Morgan fingerprint density at radius 3 is 2.48 bits per heavy atom. The molecule has 3 rings (SSSR count). The van der Waals surface area contributed by atoms with E-state index in [1.54, 1.807) is 18.2 Å². The van der Waals surface area contributed by atoms with Gasteiger partial charge in [0.1, 0.15) is 24.1 Å². The summed E-state index contributed by atoms with van der Waals surface area (Å²) in [6.45, 7) is 0.0292. The predicted molar refractivity (Wildman–Crippen MR) is 123 cm³/mol. The van der Waals surface area contributed by atoms with E-state index in [4.69, 9.17) is 27.9 Å². The van der Waals surface area contributed by atoms with Gasteiger partial charge in [-0.1, -0.05) is 41.4 Å². The molecule has 0 bridgehead atoms. The summed E-state index contributed by atoms with van der Waals surface area (Å²) < 4.78 is 18.9. The first-order valence-corrected chi connectivity index (χ1v) is 10.1. The van der Waals surface area contributed by atoms with Crippen LogP contribution in [0.3, 0.4) is 0 Å². The van der Waals surface area contributed by atoms with Crippen molar-refractivity contribution in [1.82, 2.24) is 0 Å². The predicted octanol–water partition coefficient (Wildman–Crippen LogP) is 6.17. The highest BCUT2D eigenvalue weighted by molar-refractivity contribution is 6.37. The third-order valence-electron chi connectivity index (χ3n) is 4.28. The van der Waals surface area contributed by atoms with Crippen molar-refractivity contribution in [2.75, 3.05) is 5.32 Å². The normalized spacial score (nSPS) is 10.9. The molecule has 166 valence electrons. The van der Waals surface area contributed by atoms with Crippen LogP contribution in [0, 0.1) is 27.3 Å². The van der Waals surface area contributed by atoms with E-state index < -0.39 is 16.6 Å². The van der Waals surface area contributed by atoms with E-state index in [0.29, 0.717) is 11.1 Å². The smallest absolute Gasteiger partial charge is 0.271 e. The van der Waals surface area contributed by atoms with Gasteiger partial charge in [0.15, 0.2) is 5.75 Å². The Balaban J connectivity index is 1.78. The molecule has 0 aliphatic carbocycles. The summed E-state index contributed by atoms with van der Waals surface area (Å²) in [6.07, 6.45) is 1.26. The number of halogens is 3. The van der Waals surface area contributed by atoms with Crippen molar-refractivity contribution in [1.29, 1.82) is 5.26 Å². The van der Waals surface area contributed by atoms with E-state index in [1.807, 2.05) is 0 Å². The number of hydrogen-bond acceptors (Lipinski definition) is 5. The number of amides is 1. The fourth-order valence-corrected chi connectivity index (χ4v) is 3.41. The molecule has 0 saturated heterocycles. The molecule has 1 amide bonds. The summed E-state index contributed by atoms with van der Waals surface area (Å²) in [5, 5.41) is 23.0. The number of ether oxygens (including phenoxy) is 1. The average molecular weight is 486 g/mol. The molecule has 0 atom stereocenters. The first-order valence-electron chi connectivity index (χ1n) is 9.30. The Hall–Kier alpha value is -3.93. The van der Waals surface area contributed by atoms with Crippen LogP contribution in [0.2, 0.25) is 10.0 Å². The molecule has 3 aromatic rings. The van der Waals surface area contributed by atoms with Crippen molar-refractivity contribution in [2.45, 2.75) is 6.61 Å². The van der Waals surface area contributed by atoms with Gasteiger partial charge in [0.25, 0.3) is 11.6 Å². The van der Waals surface area contributed by atoms with E-state index >= 15 is 0 Å². The molecule has 0 saturated carbocycles. The summed E-state index contributed by atoms with van der Waals surface area (Å²) >= 11 is 12.5. The number of non-ortho nitro benzene ring substituents is 1. The average Bonchev–Trinajstić information content (AvgIpc) is 2.77. The van der Waals surface area contributed by atoms with Gasteiger partial charge in [-0.05, 0) is 47.5 Å².